The fraction of sp³-hybridized carbons (Fsp3) is 0.269. The van der Waals surface area contributed by atoms with Crippen LogP contribution in [0.4, 0.5) is 14.5 Å². The van der Waals surface area contributed by atoms with Crippen LogP contribution < -0.4 is 4.72 Å². The number of hydrogen-bond donors (Lipinski definition) is 1. The average molecular weight is 500 g/mol. The fourth-order valence-corrected chi connectivity index (χ4v) is 5.21. The zero-order chi connectivity index (χ0) is 25.0. The zero-order valence-corrected chi connectivity index (χ0v) is 20.2. The molecule has 0 radical (unpaired) electrons. The van der Waals surface area contributed by atoms with Gasteiger partial charge in [-0.15, -0.1) is 0 Å². The number of para-hydroxylation sites is 1. The molecule has 1 saturated heterocycles. The molecule has 1 amide bonds. The normalized spacial score (nSPS) is 15.0. The molecule has 0 bridgehead atoms. The van der Waals surface area contributed by atoms with Crippen LogP contribution in [0.15, 0.2) is 71.6 Å². The average Bonchev–Trinajstić information content (AvgIpc) is 3.07. The van der Waals surface area contributed by atoms with Gasteiger partial charge in [0.15, 0.2) is 0 Å². The van der Waals surface area contributed by atoms with Gasteiger partial charge in [-0.05, 0) is 49.2 Å². The number of rotatable bonds is 6. The molecule has 35 heavy (non-hydrogen) atoms. The van der Waals surface area contributed by atoms with Crippen LogP contribution in [0.1, 0.15) is 27.9 Å². The minimum atomic E-state index is -4.10. The van der Waals surface area contributed by atoms with Gasteiger partial charge in [0.25, 0.3) is 15.9 Å². The highest BCUT2D eigenvalue weighted by Crippen LogP contribution is 2.23. The Kier molecular flexibility index (Phi) is 7.47. The first kappa shape index (κ1) is 24.8. The van der Waals surface area contributed by atoms with Crippen molar-refractivity contribution in [3.63, 3.8) is 0 Å². The highest BCUT2D eigenvalue weighted by Gasteiger charge is 2.24. The maximum atomic E-state index is 14.0. The Bertz CT molecular complexity index is 1330. The first-order chi connectivity index (χ1) is 16.7. The van der Waals surface area contributed by atoms with Crippen LogP contribution in [0.2, 0.25) is 0 Å². The van der Waals surface area contributed by atoms with E-state index in [4.69, 9.17) is 0 Å². The van der Waals surface area contributed by atoms with Crippen LogP contribution in [0.5, 0.6) is 0 Å². The van der Waals surface area contributed by atoms with E-state index in [1.807, 2.05) is 0 Å². The monoisotopic (exact) mass is 499 g/mol. The number of hydrogen-bond acceptors (Lipinski definition) is 4. The van der Waals surface area contributed by atoms with E-state index in [9.17, 15) is 22.0 Å². The first-order valence-electron chi connectivity index (χ1n) is 11.4. The number of carbonyl (C=O) groups excluding carboxylic acids is 1. The van der Waals surface area contributed by atoms with Gasteiger partial charge in [0.2, 0.25) is 0 Å². The Morgan fingerprint density at radius 3 is 2.37 bits per heavy atom. The minimum absolute atomic E-state index is 0.120. The lowest BCUT2D eigenvalue weighted by Gasteiger charge is -2.23. The number of nitrogens with zero attached hydrogens (tertiary/aromatic N) is 2. The molecule has 1 N–H and O–H groups in total. The number of benzene rings is 3. The predicted molar refractivity (Wildman–Crippen MR) is 131 cm³/mol. The van der Waals surface area contributed by atoms with Crippen molar-refractivity contribution in [2.45, 2.75) is 24.8 Å². The molecule has 0 unspecified atom stereocenters. The number of nitrogens with one attached hydrogen (secondary N) is 1. The van der Waals surface area contributed by atoms with E-state index in [0.717, 1.165) is 12.6 Å². The molecular weight excluding hydrogens is 472 g/mol. The van der Waals surface area contributed by atoms with Crippen LogP contribution >= 0.6 is 0 Å². The van der Waals surface area contributed by atoms with Gasteiger partial charge in [-0.1, -0.05) is 36.4 Å². The zero-order valence-electron chi connectivity index (χ0n) is 19.4. The molecule has 184 valence electrons. The second-order valence-electron chi connectivity index (χ2n) is 8.58. The molecule has 9 heteroatoms. The largest absolute Gasteiger partial charge is 0.337 e. The molecule has 0 atom stereocenters. The van der Waals surface area contributed by atoms with E-state index in [1.165, 1.54) is 36.4 Å². The summed E-state index contributed by atoms with van der Waals surface area (Å²) >= 11 is 0. The fourth-order valence-electron chi connectivity index (χ4n) is 4.12. The van der Waals surface area contributed by atoms with Gasteiger partial charge in [-0.3, -0.25) is 14.4 Å². The second-order valence-corrected chi connectivity index (χ2v) is 10.3. The molecule has 0 aromatic heterocycles. The van der Waals surface area contributed by atoms with Gasteiger partial charge in [0.05, 0.1) is 10.6 Å². The van der Waals surface area contributed by atoms with Crippen molar-refractivity contribution < 1.29 is 22.0 Å². The quantitative estimate of drug-likeness (QED) is 0.545. The standard InChI is InChI=1S/C26H27F2N3O3S/c1-19-11-12-21(35(33,34)29-25-10-5-4-9-24(25)28)17-22(19)26(32)31-14-6-13-30(15-16-31)18-20-7-2-3-8-23(20)27/h2-5,7-12,17,29H,6,13-16,18H2,1H3. The van der Waals surface area contributed by atoms with Crippen LogP contribution in [0.25, 0.3) is 0 Å². The topological polar surface area (TPSA) is 69.7 Å². The highest BCUT2D eigenvalue weighted by atomic mass is 32.2. The molecule has 1 aliphatic heterocycles. The molecule has 0 aliphatic carbocycles. The molecule has 0 spiro atoms. The smallest absolute Gasteiger partial charge is 0.262 e. The third kappa shape index (κ3) is 5.86. The maximum absolute atomic E-state index is 14.0. The van der Waals surface area contributed by atoms with E-state index in [2.05, 4.69) is 9.62 Å². The van der Waals surface area contributed by atoms with Gasteiger partial charge < -0.3 is 4.90 Å². The minimum Gasteiger partial charge on any atom is -0.337 e. The molecule has 1 fully saturated rings. The molecular formula is C26H27F2N3O3S. The van der Waals surface area contributed by atoms with E-state index in [0.29, 0.717) is 43.7 Å². The van der Waals surface area contributed by atoms with Crippen molar-refractivity contribution in [3.8, 4) is 0 Å². The van der Waals surface area contributed by atoms with Crippen molar-refractivity contribution in [2.75, 3.05) is 30.9 Å². The van der Waals surface area contributed by atoms with Gasteiger partial charge in [-0.25, -0.2) is 17.2 Å². The van der Waals surface area contributed by atoms with Crippen LogP contribution in [-0.2, 0) is 16.6 Å². The summed E-state index contributed by atoms with van der Waals surface area (Å²) < 4.78 is 56.0. The van der Waals surface area contributed by atoms with E-state index in [1.54, 1.807) is 36.1 Å². The molecule has 6 nitrogen and oxygen atoms in total. The first-order valence-corrected chi connectivity index (χ1v) is 12.9. The summed E-state index contributed by atoms with van der Waals surface area (Å²) in [4.78, 5) is 17.0. The Labute approximate surface area is 204 Å². The van der Waals surface area contributed by atoms with Crippen molar-refractivity contribution in [3.05, 3.63) is 95.1 Å². The third-order valence-corrected chi connectivity index (χ3v) is 7.46. The Balaban J connectivity index is 1.49. The molecule has 1 aliphatic rings. The Morgan fingerprint density at radius 2 is 1.63 bits per heavy atom. The Hall–Kier alpha value is -3.30. The second kappa shape index (κ2) is 10.5. The van der Waals surface area contributed by atoms with Gasteiger partial charge >= 0.3 is 0 Å². The summed E-state index contributed by atoms with van der Waals surface area (Å²) in [7, 11) is -4.10. The number of amides is 1. The summed E-state index contributed by atoms with van der Waals surface area (Å²) in [6.45, 7) is 4.46. The van der Waals surface area contributed by atoms with Crippen LogP contribution in [0.3, 0.4) is 0 Å². The summed E-state index contributed by atoms with van der Waals surface area (Å²) in [6.07, 6.45) is 0.714. The number of carbonyl (C=O) groups is 1. The van der Waals surface area contributed by atoms with Crippen LogP contribution in [0, 0.1) is 18.6 Å². The molecule has 4 rings (SSSR count). The third-order valence-electron chi connectivity index (χ3n) is 6.10. The van der Waals surface area contributed by atoms with Crippen molar-refractivity contribution in [2.24, 2.45) is 0 Å². The molecule has 3 aromatic carbocycles. The van der Waals surface area contributed by atoms with Crippen LogP contribution in [-0.4, -0.2) is 50.3 Å². The van der Waals surface area contributed by atoms with Gasteiger partial charge in [-0.2, -0.15) is 0 Å². The summed E-state index contributed by atoms with van der Waals surface area (Å²) in [5.74, 6) is -1.20. The molecule has 3 aromatic rings. The summed E-state index contributed by atoms with van der Waals surface area (Å²) in [5, 5.41) is 0. The number of anilines is 1. The highest BCUT2D eigenvalue weighted by molar-refractivity contribution is 7.92. The summed E-state index contributed by atoms with van der Waals surface area (Å²) in [6, 6.07) is 16.5. The van der Waals surface area contributed by atoms with E-state index in [-0.39, 0.29) is 27.9 Å². The number of halogens is 2. The Morgan fingerprint density at radius 1 is 0.914 bits per heavy atom. The maximum Gasteiger partial charge on any atom is 0.262 e. The SMILES string of the molecule is Cc1ccc(S(=O)(=O)Nc2ccccc2F)cc1C(=O)N1CCCN(Cc2ccccc2F)CC1. The number of aryl methyl sites for hydroxylation is 1. The van der Waals surface area contributed by atoms with Crippen molar-refractivity contribution in [1.82, 2.24) is 9.80 Å². The van der Waals surface area contributed by atoms with E-state index < -0.39 is 15.8 Å². The molecule has 1 heterocycles. The van der Waals surface area contributed by atoms with Crippen molar-refractivity contribution in [1.29, 1.82) is 0 Å². The van der Waals surface area contributed by atoms with Gasteiger partial charge in [0, 0.05) is 43.9 Å². The van der Waals surface area contributed by atoms with E-state index >= 15 is 0 Å². The molecule has 0 saturated carbocycles. The predicted octanol–water partition coefficient (Wildman–Crippen LogP) is 4.42. The lowest BCUT2D eigenvalue weighted by Crippen LogP contribution is -2.35. The number of sulfonamides is 1. The lowest BCUT2D eigenvalue weighted by atomic mass is 10.1. The summed E-state index contributed by atoms with van der Waals surface area (Å²) in [5.41, 5.74) is 1.38. The van der Waals surface area contributed by atoms with Crippen molar-refractivity contribution >= 4 is 21.6 Å². The lowest BCUT2D eigenvalue weighted by molar-refractivity contribution is 0.0760. The van der Waals surface area contributed by atoms with Gasteiger partial charge in [0.1, 0.15) is 11.6 Å².